The van der Waals surface area contributed by atoms with Crippen LogP contribution in [0, 0.1) is 0 Å². The molecule has 0 unspecified atom stereocenters. The highest BCUT2D eigenvalue weighted by molar-refractivity contribution is 4.30. The zero-order chi connectivity index (χ0) is 3.54. The van der Waals surface area contributed by atoms with Crippen molar-refractivity contribution >= 4 is 0 Å². The van der Waals surface area contributed by atoms with Crippen molar-refractivity contribution in [3.05, 3.63) is 0 Å². The van der Waals surface area contributed by atoms with Crippen LogP contribution in [0.2, 0.25) is 0 Å². The number of hydrogen-bond donors (Lipinski definition) is 0. The van der Waals surface area contributed by atoms with Gasteiger partial charge in [-0.05, 0) is 10.4 Å². The van der Waals surface area contributed by atoms with Gasteiger partial charge in [0, 0.05) is 0 Å². The topological polar surface area (TPSA) is 207 Å². The van der Waals surface area contributed by atoms with Gasteiger partial charge in [0.1, 0.15) is 0 Å². The predicted octanol–water partition coefficient (Wildman–Crippen LogP) is -3.35. The summed E-state index contributed by atoms with van der Waals surface area (Å²) in [4.78, 5) is 0. The molecular formula is CH12N4O5. The molecule has 0 saturated heterocycles. The van der Waals surface area contributed by atoms with Crippen LogP contribution in [0.4, 0.5) is 0 Å². The first kappa shape index (κ1) is 36.0. The molecule has 1 aliphatic heterocycles. The van der Waals surface area contributed by atoms with Crippen LogP contribution in [-0.4, -0.2) is 34.0 Å². The summed E-state index contributed by atoms with van der Waals surface area (Å²) in [5.41, 5.74) is 0. The second-order valence-corrected chi connectivity index (χ2v) is 0.603. The van der Waals surface area contributed by atoms with E-state index >= 15 is 0 Å². The average molecular weight is 160 g/mol. The summed E-state index contributed by atoms with van der Waals surface area (Å²) >= 11 is 0. The van der Waals surface area contributed by atoms with Gasteiger partial charge in [-0.3, -0.25) is 0 Å². The minimum Gasteiger partial charge on any atom is -0.412 e. The normalized spacial score (nSPS) is 8.80. The molecule has 0 aliphatic carbocycles. The monoisotopic (exact) mass is 160 g/mol. The molecule has 9 nitrogen and oxygen atoms in total. The lowest BCUT2D eigenvalue weighted by molar-refractivity contribution is 0.823. The Kier molecular flexibility index (Phi) is 88.2. The van der Waals surface area contributed by atoms with Crippen molar-refractivity contribution in [2.45, 2.75) is 0 Å². The Morgan fingerprint density at radius 3 is 1.00 bits per heavy atom. The van der Waals surface area contributed by atoms with Gasteiger partial charge in [0.15, 0.2) is 6.67 Å². The Balaban J connectivity index is -0.0000000167. The van der Waals surface area contributed by atoms with E-state index in [1.807, 2.05) is 0 Å². The van der Waals surface area contributed by atoms with E-state index < -0.39 is 0 Å². The van der Waals surface area contributed by atoms with Crippen LogP contribution in [0.25, 0.3) is 0 Å². The first-order valence-electron chi connectivity index (χ1n) is 1.23. The molecule has 0 aromatic heterocycles. The third-order valence-electron chi connectivity index (χ3n) is 0.293. The van der Waals surface area contributed by atoms with Gasteiger partial charge in [0.05, 0.1) is 0 Å². The highest BCUT2D eigenvalue weighted by Crippen LogP contribution is 1.87. The van der Waals surface area contributed by atoms with Gasteiger partial charge in [0.2, 0.25) is 0 Å². The Labute approximate surface area is 56.0 Å². The molecule has 0 aromatic rings. The molecule has 10 N–H and O–H groups in total. The van der Waals surface area contributed by atoms with Gasteiger partial charge >= 0.3 is 0 Å². The van der Waals surface area contributed by atoms with Gasteiger partial charge in [-0.15, -0.1) is 10.2 Å². The van der Waals surface area contributed by atoms with Crippen LogP contribution >= 0.6 is 0 Å². The van der Waals surface area contributed by atoms with E-state index in [2.05, 4.69) is 20.7 Å². The standard InChI is InChI=1S/CH2N4.5H2O/c1-2-4-5-3-1;;;;;/h1H2;5*1H2. The van der Waals surface area contributed by atoms with Crippen LogP contribution in [0.15, 0.2) is 20.7 Å². The lowest BCUT2D eigenvalue weighted by Gasteiger charge is -1.52. The summed E-state index contributed by atoms with van der Waals surface area (Å²) in [5, 5.41) is 13.1. The zero-order valence-electron chi connectivity index (χ0n) is 5.00. The fraction of sp³-hybridized carbons (Fsp3) is 1.00. The Morgan fingerprint density at radius 2 is 0.900 bits per heavy atom. The van der Waals surface area contributed by atoms with Gasteiger partial charge in [-0.25, -0.2) is 0 Å². The van der Waals surface area contributed by atoms with Crippen LogP contribution in [0.3, 0.4) is 0 Å². The van der Waals surface area contributed by atoms with Crippen molar-refractivity contribution in [3.8, 4) is 0 Å². The molecule has 1 rings (SSSR count). The summed E-state index contributed by atoms with van der Waals surface area (Å²) in [6, 6.07) is 0. The summed E-state index contributed by atoms with van der Waals surface area (Å²) in [5.74, 6) is 0. The lowest BCUT2D eigenvalue weighted by atomic mass is 11.2. The molecule has 10 heavy (non-hydrogen) atoms. The molecule has 66 valence electrons. The summed E-state index contributed by atoms with van der Waals surface area (Å²) in [6.07, 6.45) is 0. The second kappa shape index (κ2) is 24.5. The van der Waals surface area contributed by atoms with Crippen LogP contribution < -0.4 is 0 Å². The van der Waals surface area contributed by atoms with E-state index in [-0.39, 0.29) is 27.4 Å². The van der Waals surface area contributed by atoms with Crippen molar-refractivity contribution in [3.63, 3.8) is 0 Å². The van der Waals surface area contributed by atoms with Crippen LogP contribution in [0.5, 0.6) is 0 Å². The minimum atomic E-state index is 0. The first-order valence-corrected chi connectivity index (χ1v) is 1.23. The zero-order valence-corrected chi connectivity index (χ0v) is 5.00. The highest BCUT2D eigenvalue weighted by atomic mass is 16.0. The average Bonchev–Trinajstić information content (AvgIpc) is 1.76. The first-order chi connectivity index (χ1) is 2.50. The van der Waals surface area contributed by atoms with Crippen molar-refractivity contribution in [2.75, 3.05) is 6.67 Å². The Bertz CT molecular complexity index is 71.7. The molecule has 0 spiro atoms. The molecule has 1 heterocycles. The fourth-order valence-corrected chi connectivity index (χ4v) is 0.141. The lowest BCUT2D eigenvalue weighted by Crippen LogP contribution is -1.52. The molecule has 0 fully saturated rings. The number of hydrogen-bond acceptors (Lipinski definition) is 4. The fourth-order valence-electron chi connectivity index (χ4n) is 0.141. The molecule has 9 heteroatoms. The van der Waals surface area contributed by atoms with Crippen LogP contribution in [0.1, 0.15) is 0 Å². The van der Waals surface area contributed by atoms with Gasteiger partial charge in [-0.1, -0.05) is 0 Å². The second-order valence-electron chi connectivity index (χ2n) is 0.603. The van der Waals surface area contributed by atoms with E-state index in [4.69, 9.17) is 0 Å². The van der Waals surface area contributed by atoms with Gasteiger partial charge < -0.3 is 27.4 Å². The van der Waals surface area contributed by atoms with Crippen molar-refractivity contribution in [2.24, 2.45) is 20.7 Å². The summed E-state index contributed by atoms with van der Waals surface area (Å²) in [7, 11) is 0. The molecule has 1 aliphatic rings. The molecule has 0 saturated carbocycles. The predicted molar refractivity (Wildman–Crippen MR) is 32.6 cm³/mol. The molecule has 0 atom stereocenters. The molecule has 0 radical (unpaired) electrons. The molecule has 0 amide bonds. The maximum absolute atomic E-state index is 3.38. The van der Waals surface area contributed by atoms with Crippen molar-refractivity contribution in [1.82, 2.24) is 0 Å². The molecule has 0 bridgehead atoms. The van der Waals surface area contributed by atoms with E-state index in [0.717, 1.165) is 0 Å². The largest absolute Gasteiger partial charge is 0.412 e. The maximum atomic E-state index is 3.38. The third kappa shape index (κ3) is 15.8. The van der Waals surface area contributed by atoms with Crippen molar-refractivity contribution < 1.29 is 27.4 Å². The van der Waals surface area contributed by atoms with E-state index in [0.29, 0.717) is 6.67 Å². The van der Waals surface area contributed by atoms with E-state index in [9.17, 15) is 0 Å². The van der Waals surface area contributed by atoms with Crippen molar-refractivity contribution in [1.29, 1.82) is 0 Å². The Morgan fingerprint density at radius 1 is 0.600 bits per heavy atom. The number of rotatable bonds is 0. The SMILES string of the molecule is C1N=NN=N1.O.O.O.O.O. The summed E-state index contributed by atoms with van der Waals surface area (Å²) in [6.45, 7) is 0.417. The van der Waals surface area contributed by atoms with Gasteiger partial charge in [-0.2, -0.15) is 0 Å². The van der Waals surface area contributed by atoms with E-state index in [1.165, 1.54) is 0 Å². The number of nitrogens with zero attached hydrogens (tertiary/aromatic N) is 4. The van der Waals surface area contributed by atoms with Gasteiger partial charge in [0.25, 0.3) is 0 Å². The highest BCUT2D eigenvalue weighted by Gasteiger charge is 1.76. The quantitative estimate of drug-likeness (QED) is 0.340. The maximum Gasteiger partial charge on any atom is 0.175 e. The molecule has 0 aromatic carbocycles. The minimum absolute atomic E-state index is 0. The molecular weight excluding hydrogens is 148 g/mol. The van der Waals surface area contributed by atoms with E-state index in [1.54, 1.807) is 0 Å². The summed E-state index contributed by atoms with van der Waals surface area (Å²) < 4.78 is 0. The smallest absolute Gasteiger partial charge is 0.175 e. The Hall–Kier alpha value is -1.00. The van der Waals surface area contributed by atoms with Crippen LogP contribution in [-0.2, 0) is 0 Å². The third-order valence-corrected chi connectivity index (χ3v) is 0.293.